The van der Waals surface area contributed by atoms with Crippen LogP contribution >= 0.6 is 0 Å². The van der Waals surface area contributed by atoms with Crippen molar-refractivity contribution in [3.8, 4) is 0 Å². The summed E-state index contributed by atoms with van der Waals surface area (Å²) in [5.74, 6) is -0.0619. The van der Waals surface area contributed by atoms with Gasteiger partial charge in [0.2, 0.25) is 5.91 Å². The van der Waals surface area contributed by atoms with Crippen LogP contribution in [0, 0.1) is 0 Å². The van der Waals surface area contributed by atoms with Gasteiger partial charge in [-0.3, -0.25) is 4.79 Å². The predicted octanol–water partition coefficient (Wildman–Crippen LogP) is 3.39. The van der Waals surface area contributed by atoms with Crippen LogP contribution in [0.15, 0.2) is 48.5 Å². The quantitative estimate of drug-likeness (QED) is 0.541. The van der Waals surface area contributed by atoms with Crippen LogP contribution in [-0.4, -0.2) is 25.2 Å². The van der Waals surface area contributed by atoms with E-state index in [0.717, 1.165) is 16.8 Å². The molecule has 134 valence electrons. The van der Waals surface area contributed by atoms with Crippen LogP contribution in [0.2, 0.25) is 0 Å². The number of hydrogen-bond donors (Lipinski definition) is 2. The summed E-state index contributed by atoms with van der Waals surface area (Å²) in [5.41, 5.74) is 9.04. The van der Waals surface area contributed by atoms with Crippen molar-refractivity contribution in [3.63, 3.8) is 0 Å². The number of nitrogen functional groups attached to an aromatic ring is 1. The molecule has 2 rings (SSSR count). The van der Waals surface area contributed by atoms with Crippen molar-refractivity contribution in [2.24, 2.45) is 0 Å². The van der Waals surface area contributed by atoms with Gasteiger partial charge in [0.15, 0.2) is 0 Å². The van der Waals surface area contributed by atoms with Crippen LogP contribution in [0.4, 0.5) is 11.4 Å². The maximum Gasteiger partial charge on any atom is 0.228 e. The molecule has 0 fully saturated rings. The van der Waals surface area contributed by atoms with Crippen molar-refractivity contribution in [1.29, 1.82) is 0 Å². The summed E-state index contributed by atoms with van der Waals surface area (Å²) in [6.45, 7) is 5.61. The molecule has 2 aromatic rings. The zero-order valence-corrected chi connectivity index (χ0v) is 14.8. The minimum Gasteiger partial charge on any atom is -0.399 e. The lowest BCUT2D eigenvalue weighted by molar-refractivity contribution is -0.115. The number of hydrogen-bond acceptors (Lipinski definition) is 4. The Hall–Kier alpha value is -2.37. The SMILES string of the molecule is CC(C)OCCOCc1cccc(NC(=O)Cc2ccc(N)cc2)c1. The minimum atomic E-state index is -0.0619. The molecule has 0 unspecified atom stereocenters. The third-order valence-electron chi connectivity index (χ3n) is 3.50. The summed E-state index contributed by atoms with van der Waals surface area (Å²) in [6, 6.07) is 15.0. The van der Waals surface area contributed by atoms with Gasteiger partial charge in [-0.1, -0.05) is 24.3 Å². The van der Waals surface area contributed by atoms with Gasteiger partial charge in [-0.25, -0.2) is 0 Å². The maximum atomic E-state index is 12.2. The van der Waals surface area contributed by atoms with Crippen molar-refractivity contribution in [2.45, 2.75) is 33.0 Å². The molecule has 5 heteroatoms. The number of ether oxygens (including phenoxy) is 2. The highest BCUT2D eigenvalue weighted by atomic mass is 16.5. The maximum absolute atomic E-state index is 12.2. The molecular formula is C20H26N2O3. The summed E-state index contributed by atoms with van der Waals surface area (Å²) in [6.07, 6.45) is 0.524. The Morgan fingerprint density at radius 1 is 1.08 bits per heavy atom. The lowest BCUT2D eigenvalue weighted by Crippen LogP contribution is -2.14. The van der Waals surface area contributed by atoms with E-state index in [2.05, 4.69) is 5.32 Å². The van der Waals surface area contributed by atoms with E-state index in [1.807, 2.05) is 50.2 Å². The number of benzene rings is 2. The average Bonchev–Trinajstić information content (AvgIpc) is 2.57. The van der Waals surface area contributed by atoms with Crippen molar-refractivity contribution in [1.82, 2.24) is 0 Å². The summed E-state index contributed by atoms with van der Waals surface area (Å²) < 4.78 is 11.0. The molecule has 0 saturated heterocycles. The molecule has 25 heavy (non-hydrogen) atoms. The van der Waals surface area contributed by atoms with Gasteiger partial charge in [-0.05, 0) is 49.2 Å². The van der Waals surface area contributed by atoms with Crippen molar-refractivity contribution in [3.05, 3.63) is 59.7 Å². The zero-order chi connectivity index (χ0) is 18.1. The van der Waals surface area contributed by atoms with E-state index in [1.54, 1.807) is 12.1 Å². The number of carbonyl (C=O) groups is 1. The molecule has 3 N–H and O–H groups in total. The normalized spacial score (nSPS) is 10.8. The molecule has 0 aliphatic carbocycles. The fraction of sp³-hybridized carbons (Fsp3) is 0.350. The number of nitrogens with two attached hydrogens (primary N) is 1. The predicted molar refractivity (Wildman–Crippen MR) is 100 cm³/mol. The van der Waals surface area contributed by atoms with Crippen molar-refractivity contribution < 1.29 is 14.3 Å². The average molecular weight is 342 g/mol. The lowest BCUT2D eigenvalue weighted by atomic mass is 10.1. The Morgan fingerprint density at radius 3 is 2.56 bits per heavy atom. The van der Waals surface area contributed by atoms with E-state index in [4.69, 9.17) is 15.2 Å². The smallest absolute Gasteiger partial charge is 0.228 e. The highest BCUT2D eigenvalue weighted by Crippen LogP contribution is 2.13. The summed E-state index contributed by atoms with van der Waals surface area (Å²) in [5, 5.41) is 2.91. The Morgan fingerprint density at radius 2 is 1.84 bits per heavy atom. The standard InChI is InChI=1S/C20H26N2O3/c1-15(2)25-11-10-24-14-17-4-3-5-19(12-17)22-20(23)13-16-6-8-18(21)9-7-16/h3-9,12,15H,10-11,13-14,21H2,1-2H3,(H,22,23). The number of anilines is 2. The van der Waals surface area contributed by atoms with E-state index < -0.39 is 0 Å². The highest BCUT2D eigenvalue weighted by molar-refractivity contribution is 5.92. The number of nitrogens with one attached hydrogen (secondary N) is 1. The van der Waals surface area contributed by atoms with E-state index >= 15 is 0 Å². The van der Waals surface area contributed by atoms with Gasteiger partial charge >= 0.3 is 0 Å². The molecule has 0 aliphatic heterocycles. The van der Waals surface area contributed by atoms with Gasteiger partial charge in [0, 0.05) is 11.4 Å². The third kappa shape index (κ3) is 7.37. The second-order valence-electron chi connectivity index (χ2n) is 6.14. The molecule has 0 aromatic heterocycles. The first-order valence-corrected chi connectivity index (χ1v) is 8.45. The Kier molecular flexibility index (Phi) is 7.44. The van der Waals surface area contributed by atoms with Crippen LogP contribution in [0.3, 0.4) is 0 Å². The third-order valence-corrected chi connectivity index (χ3v) is 3.50. The molecule has 0 radical (unpaired) electrons. The van der Waals surface area contributed by atoms with Crippen LogP contribution in [0.25, 0.3) is 0 Å². The molecular weight excluding hydrogens is 316 g/mol. The molecule has 0 saturated carbocycles. The van der Waals surface area contributed by atoms with Crippen LogP contribution in [0.5, 0.6) is 0 Å². The van der Waals surface area contributed by atoms with Gasteiger partial charge < -0.3 is 20.5 Å². The molecule has 1 amide bonds. The van der Waals surface area contributed by atoms with Crippen molar-refractivity contribution in [2.75, 3.05) is 24.3 Å². The van der Waals surface area contributed by atoms with Crippen LogP contribution in [0.1, 0.15) is 25.0 Å². The minimum absolute atomic E-state index is 0.0619. The number of carbonyl (C=O) groups excluding carboxylic acids is 1. The monoisotopic (exact) mass is 342 g/mol. The number of rotatable bonds is 9. The van der Waals surface area contributed by atoms with Gasteiger partial charge in [-0.15, -0.1) is 0 Å². The summed E-state index contributed by atoms with van der Waals surface area (Å²) in [4.78, 5) is 12.2. The molecule has 0 aliphatic rings. The van der Waals surface area contributed by atoms with E-state index in [1.165, 1.54) is 0 Å². The Balaban J connectivity index is 1.79. The first kappa shape index (κ1) is 19.0. The molecule has 5 nitrogen and oxygen atoms in total. The fourth-order valence-corrected chi connectivity index (χ4v) is 2.30. The van der Waals surface area contributed by atoms with Gasteiger partial charge in [0.1, 0.15) is 0 Å². The molecule has 0 bridgehead atoms. The van der Waals surface area contributed by atoms with E-state index in [-0.39, 0.29) is 12.0 Å². The lowest BCUT2D eigenvalue weighted by Gasteiger charge is -2.10. The molecule has 0 heterocycles. The second-order valence-corrected chi connectivity index (χ2v) is 6.14. The largest absolute Gasteiger partial charge is 0.399 e. The van der Waals surface area contributed by atoms with Gasteiger partial charge in [0.25, 0.3) is 0 Å². The highest BCUT2D eigenvalue weighted by Gasteiger charge is 2.05. The molecule has 0 atom stereocenters. The zero-order valence-electron chi connectivity index (χ0n) is 14.8. The fourth-order valence-electron chi connectivity index (χ4n) is 2.30. The first-order valence-electron chi connectivity index (χ1n) is 8.45. The van der Waals surface area contributed by atoms with Gasteiger partial charge in [0.05, 0.1) is 32.3 Å². The first-order chi connectivity index (χ1) is 12.0. The van der Waals surface area contributed by atoms with Crippen LogP contribution in [-0.2, 0) is 27.3 Å². The molecule has 0 spiro atoms. The molecule has 2 aromatic carbocycles. The number of amides is 1. The Labute approximate surface area is 149 Å². The summed E-state index contributed by atoms with van der Waals surface area (Å²) in [7, 11) is 0. The Bertz CT molecular complexity index is 669. The van der Waals surface area contributed by atoms with E-state index in [0.29, 0.717) is 31.9 Å². The van der Waals surface area contributed by atoms with Crippen molar-refractivity contribution >= 4 is 17.3 Å². The van der Waals surface area contributed by atoms with E-state index in [9.17, 15) is 4.79 Å². The van der Waals surface area contributed by atoms with Crippen LogP contribution < -0.4 is 11.1 Å². The summed E-state index contributed by atoms with van der Waals surface area (Å²) >= 11 is 0. The topological polar surface area (TPSA) is 73.6 Å². The van der Waals surface area contributed by atoms with Gasteiger partial charge in [-0.2, -0.15) is 0 Å². The second kappa shape index (κ2) is 9.81.